The van der Waals surface area contributed by atoms with Crippen LogP contribution < -0.4 is 0 Å². The Kier molecular flexibility index (Phi) is 4.31. The number of rotatable bonds is 4. The molecule has 1 amide bonds. The molecule has 0 spiro atoms. The molecule has 1 aliphatic rings. The van der Waals surface area contributed by atoms with Crippen LogP contribution in [0.25, 0.3) is 0 Å². The average molecular weight is 305 g/mol. The highest BCUT2D eigenvalue weighted by molar-refractivity contribution is 6.80. The predicted molar refractivity (Wildman–Crippen MR) is 88.8 cm³/mol. The monoisotopic (exact) mass is 305 g/mol. The minimum atomic E-state index is -1.86. The Bertz CT molecular complexity index is 507. The van der Waals surface area contributed by atoms with Crippen LogP contribution in [0, 0.1) is 0 Å². The molecule has 2 rings (SSSR count). The van der Waals surface area contributed by atoms with Crippen LogP contribution in [0.4, 0.5) is 0 Å². The Balaban J connectivity index is 2.26. The molecule has 1 heterocycles. The largest absolute Gasteiger partial charge is 0.369 e. The minimum Gasteiger partial charge on any atom is -0.369 e. The molecule has 4 heteroatoms. The molecule has 0 radical (unpaired) electrons. The van der Waals surface area contributed by atoms with Gasteiger partial charge in [-0.2, -0.15) is 0 Å². The number of nitrogens with zero attached hydrogens (tertiary/aromatic N) is 1. The van der Waals surface area contributed by atoms with Crippen molar-refractivity contribution in [1.82, 2.24) is 4.57 Å². The van der Waals surface area contributed by atoms with Crippen molar-refractivity contribution in [2.75, 3.05) is 7.11 Å². The summed E-state index contributed by atoms with van der Waals surface area (Å²) < 4.78 is 7.61. The van der Waals surface area contributed by atoms with Crippen LogP contribution in [-0.2, 0) is 16.0 Å². The molecule has 0 bridgehead atoms. The quantitative estimate of drug-likeness (QED) is 0.630. The molecule has 1 aromatic rings. The van der Waals surface area contributed by atoms with E-state index in [4.69, 9.17) is 4.74 Å². The Morgan fingerprint density at radius 2 is 1.76 bits per heavy atom. The van der Waals surface area contributed by atoms with Crippen molar-refractivity contribution < 1.29 is 9.53 Å². The second kappa shape index (κ2) is 5.58. The molecule has 21 heavy (non-hydrogen) atoms. The summed E-state index contributed by atoms with van der Waals surface area (Å²) >= 11 is 0. The van der Waals surface area contributed by atoms with E-state index in [0.29, 0.717) is 0 Å². The van der Waals surface area contributed by atoms with E-state index in [1.807, 2.05) is 18.2 Å². The molecule has 2 atom stereocenters. The van der Waals surface area contributed by atoms with E-state index in [0.717, 1.165) is 6.42 Å². The van der Waals surface area contributed by atoms with E-state index in [-0.39, 0.29) is 23.1 Å². The van der Waals surface area contributed by atoms with E-state index >= 15 is 0 Å². The smallest absolute Gasteiger partial charge is 0.246 e. The van der Waals surface area contributed by atoms with Gasteiger partial charge in [-0.25, -0.2) is 0 Å². The third kappa shape index (κ3) is 2.79. The lowest BCUT2D eigenvalue weighted by Crippen LogP contribution is -2.76. The van der Waals surface area contributed by atoms with Gasteiger partial charge in [-0.1, -0.05) is 64.2 Å². The van der Waals surface area contributed by atoms with Crippen LogP contribution in [0.3, 0.4) is 0 Å². The Morgan fingerprint density at radius 3 is 2.24 bits per heavy atom. The first-order valence-electron chi connectivity index (χ1n) is 7.60. The summed E-state index contributed by atoms with van der Waals surface area (Å²) in [5, 5.41) is 0.149. The molecule has 116 valence electrons. The zero-order valence-electron chi connectivity index (χ0n) is 14.0. The maximum Gasteiger partial charge on any atom is 0.246 e. The lowest BCUT2D eigenvalue weighted by Gasteiger charge is -2.57. The summed E-state index contributed by atoms with van der Waals surface area (Å²) in [6, 6.07) is 10.5. The molecule has 1 saturated heterocycles. The topological polar surface area (TPSA) is 29.5 Å². The number of methoxy groups -OCH3 is 1. The third-order valence-corrected chi connectivity index (χ3v) is 10.6. The number of hydrogen-bond donors (Lipinski definition) is 0. The normalized spacial score (nSPS) is 23.1. The van der Waals surface area contributed by atoms with Gasteiger partial charge in [0.1, 0.15) is 0 Å². The molecule has 1 aliphatic heterocycles. The molecular formula is C17H27NO2Si. The number of ether oxygens (including phenoxy) is 1. The average Bonchev–Trinajstić information content (AvgIpc) is 2.38. The number of carbonyl (C=O) groups excluding carboxylic acids is 1. The fraction of sp³-hybridized carbons (Fsp3) is 0.588. The first-order chi connectivity index (χ1) is 9.70. The van der Waals surface area contributed by atoms with Crippen molar-refractivity contribution in [3.8, 4) is 0 Å². The van der Waals surface area contributed by atoms with Gasteiger partial charge in [-0.05, 0) is 17.0 Å². The maximum atomic E-state index is 12.5. The van der Waals surface area contributed by atoms with Gasteiger partial charge in [-0.15, -0.1) is 0 Å². The SMILES string of the molecule is CO[C@@H]1C(=O)N([Si](C)(C)C(C)(C)C)[C@H]1Cc1ccccc1. The van der Waals surface area contributed by atoms with Crippen molar-refractivity contribution in [2.24, 2.45) is 0 Å². The summed E-state index contributed by atoms with van der Waals surface area (Å²) in [6.07, 6.45) is 0.594. The van der Waals surface area contributed by atoms with Crippen LogP contribution in [-0.4, -0.2) is 38.0 Å². The van der Waals surface area contributed by atoms with Crippen molar-refractivity contribution in [1.29, 1.82) is 0 Å². The Morgan fingerprint density at radius 1 is 1.19 bits per heavy atom. The third-order valence-electron chi connectivity index (χ3n) is 5.14. The summed E-state index contributed by atoms with van der Waals surface area (Å²) in [4.78, 5) is 12.5. The van der Waals surface area contributed by atoms with Crippen molar-refractivity contribution >= 4 is 14.1 Å². The molecule has 0 N–H and O–H groups in total. The van der Waals surface area contributed by atoms with Gasteiger partial charge in [0, 0.05) is 7.11 Å². The molecule has 0 aliphatic carbocycles. The van der Waals surface area contributed by atoms with Gasteiger partial charge in [0.15, 0.2) is 14.3 Å². The standard InChI is InChI=1S/C17H27NO2Si/c1-17(2,3)21(5,6)18-14(15(20-4)16(18)19)12-13-10-8-7-9-11-13/h7-11,14-15H,12H2,1-6H3/t14-,15-/m0/s1. The van der Waals surface area contributed by atoms with E-state index < -0.39 is 8.24 Å². The summed E-state index contributed by atoms with van der Waals surface area (Å²) in [5.41, 5.74) is 1.26. The zero-order valence-corrected chi connectivity index (χ0v) is 15.0. The number of β-lactam (4-membered cyclic amide) rings is 1. The molecule has 0 unspecified atom stereocenters. The Hall–Kier alpha value is -1.13. The highest BCUT2D eigenvalue weighted by Gasteiger charge is 2.57. The van der Waals surface area contributed by atoms with Gasteiger partial charge in [0.05, 0.1) is 6.04 Å². The number of benzene rings is 1. The van der Waals surface area contributed by atoms with Crippen molar-refractivity contribution in [3.63, 3.8) is 0 Å². The fourth-order valence-corrected chi connectivity index (χ4v) is 5.34. The van der Waals surface area contributed by atoms with Gasteiger partial charge in [0.2, 0.25) is 5.91 Å². The van der Waals surface area contributed by atoms with Gasteiger partial charge < -0.3 is 9.30 Å². The molecule has 0 aromatic heterocycles. The minimum absolute atomic E-state index is 0.149. The van der Waals surface area contributed by atoms with Crippen LogP contribution in [0.15, 0.2) is 30.3 Å². The first-order valence-corrected chi connectivity index (χ1v) is 10.5. The van der Waals surface area contributed by atoms with Crippen molar-refractivity contribution in [3.05, 3.63) is 35.9 Å². The van der Waals surface area contributed by atoms with Gasteiger partial charge >= 0.3 is 0 Å². The predicted octanol–water partition coefficient (Wildman–Crippen LogP) is 3.46. The Labute approximate surface area is 129 Å². The second-order valence-electron chi connectivity index (χ2n) is 7.43. The van der Waals surface area contributed by atoms with Crippen LogP contribution in [0.5, 0.6) is 0 Å². The molecular weight excluding hydrogens is 278 g/mol. The molecule has 1 aromatic carbocycles. The van der Waals surface area contributed by atoms with Crippen LogP contribution in [0.2, 0.25) is 18.1 Å². The maximum absolute atomic E-state index is 12.5. The summed E-state index contributed by atoms with van der Waals surface area (Å²) in [6.45, 7) is 11.3. The lowest BCUT2D eigenvalue weighted by molar-refractivity contribution is -0.160. The van der Waals surface area contributed by atoms with E-state index in [9.17, 15) is 4.79 Å². The van der Waals surface area contributed by atoms with E-state index in [1.54, 1.807) is 7.11 Å². The van der Waals surface area contributed by atoms with E-state index in [1.165, 1.54) is 5.56 Å². The zero-order chi connectivity index (χ0) is 15.8. The number of amides is 1. The summed E-state index contributed by atoms with van der Waals surface area (Å²) in [7, 11) is -0.213. The highest BCUT2D eigenvalue weighted by atomic mass is 28.3. The number of hydrogen-bond acceptors (Lipinski definition) is 2. The van der Waals surface area contributed by atoms with Crippen LogP contribution >= 0.6 is 0 Å². The van der Waals surface area contributed by atoms with Gasteiger partial charge in [0.25, 0.3) is 0 Å². The number of carbonyl (C=O) groups is 1. The molecule has 0 saturated carbocycles. The van der Waals surface area contributed by atoms with Crippen molar-refractivity contribution in [2.45, 2.75) is 57.5 Å². The fourth-order valence-electron chi connectivity index (χ4n) is 2.88. The molecule has 1 fully saturated rings. The molecule has 3 nitrogen and oxygen atoms in total. The second-order valence-corrected chi connectivity index (χ2v) is 12.5. The van der Waals surface area contributed by atoms with Crippen LogP contribution in [0.1, 0.15) is 26.3 Å². The first kappa shape index (κ1) is 16.2. The van der Waals surface area contributed by atoms with Gasteiger partial charge in [-0.3, -0.25) is 4.79 Å². The highest BCUT2D eigenvalue weighted by Crippen LogP contribution is 2.44. The summed E-state index contributed by atoms with van der Waals surface area (Å²) in [5.74, 6) is 0.171. The van der Waals surface area contributed by atoms with E-state index in [2.05, 4.69) is 50.6 Å². The lowest BCUT2D eigenvalue weighted by atomic mass is 9.94.